The molecular formula is C14H15BrN2O. The molecule has 94 valence electrons. The van der Waals surface area contributed by atoms with E-state index >= 15 is 0 Å². The molecule has 0 spiro atoms. The molecule has 1 aromatic carbocycles. The number of hydrogen-bond acceptors (Lipinski definition) is 3. The highest BCUT2D eigenvalue weighted by Gasteiger charge is 2.08. The van der Waals surface area contributed by atoms with E-state index in [1.54, 1.807) is 6.07 Å². The predicted molar refractivity (Wildman–Crippen MR) is 75.1 cm³/mol. The zero-order valence-corrected chi connectivity index (χ0v) is 12.2. The summed E-state index contributed by atoms with van der Waals surface area (Å²) in [7, 11) is 0. The number of nitrogens with zero attached hydrogens (tertiary/aromatic N) is 2. The van der Waals surface area contributed by atoms with Gasteiger partial charge in [0.05, 0.1) is 0 Å². The van der Waals surface area contributed by atoms with Crippen LogP contribution in [0.25, 0.3) is 0 Å². The number of aryl methyl sites for hydroxylation is 1. The Morgan fingerprint density at radius 2 is 1.78 bits per heavy atom. The van der Waals surface area contributed by atoms with Crippen LogP contribution < -0.4 is 4.74 Å². The van der Waals surface area contributed by atoms with Gasteiger partial charge in [-0.05, 0) is 35.0 Å². The smallest absolute Gasteiger partial charge is 0.223 e. The third-order valence-electron chi connectivity index (χ3n) is 2.45. The van der Waals surface area contributed by atoms with Crippen LogP contribution in [0.5, 0.6) is 11.6 Å². The first kappa shape index (κ1) is 13.0. The highest BCUT2D eigenvalue weighted by atomic mass is 79.9. The Hall–Kier alpha value is -1.42. The summed E-state index contributed by atoms with van der Waals surface area (Å²) in [4.78, 5) is 8.70. The summed E-state index contributed by atoms with van der Waals surface area (Å²) in [6.45, 7) is 6.15. The predicted octanol–water partition coefficient (Wildman–Crippen LogP) is 4.46. The molecule has 3 nitrogen and oxygen atoms in total. The Morgan fingerprint density at radius 1 is 1.11 bits per heavy atom. The van der Waals surface area contributed by atoms with Gasteiger partial charge in [0, 0.05) is 12.0 Å². The quantitative estimate of drug-likeness (QED) is 0.785. The summed E-state index contributed by atoms with van der Waals surface area (Å²) in [5.41, 5.74) is 1.20. The van der Waals surface area contributed by atoms with Gasteiger partial charge in [-0.2, -0.15) is 4.98 Å². The molecule has 0 saturated carbocycles. The van der Waals surface area contributed by atoms with E-state index in [1.165, 1.54) is 5.56 Å². The minimum absolute atomic E-state index is 0.267. The zero-order chi connectivity index (χ0) is 13.1. The standard InChI is InChI=1S/C14H15BrN2O/c1-9(2)14-16-12(15)8-13(17-14)18-11-6-4-10(3)5-7-11/h4-9H,1-3H3. The first-order valence-corrected chi connectivity index (χ1v) is 6.63. The maximum Gasteiger partial charge on any atom is 0.223 e. The van der Waals surface area contributed by atoms with Gasteiger partial charge in [0.1, 0.15) is 16.2 Å². The summed E-state index contributed by atoms with van der Waals surface area (Å²) in [5, 5.41) is 0. The fourth-order valence-electron chi connectivity index (χ4n) is 1.45. The zero-order valence-electron chi connectivity index (χ0n) is 10.6. The first-order valence-electron chi connectivity index (χ1n) is 5.83. The van der Waals surface area contributed by atoms with Crippen LogP contribution in [0.1, 0.15) is 31.2 Å². The Morgan fingerprint density at radius 3 is 2.39 bits per heavy atom. The molecule has 4 heteroatoms. The number of ether oxygens (including phenoxy) is 1. The van der Waals surface area contributed by atoms with Crippen molar-refractivity contribution in [3.63, 3.8) is 0 Å². The number of hydrogen-bond donors (Lipinski definition) is 0. The van der Waals surface area contributed by atoms with Crippen molar-refractivity contribution < 1.29 is 4.74 Å². The second-order valence-corrected chi connectivity index (χ2v) is 5.27. The van der Waals surface area contributed by atoms with Crippen molar-refractivity contribution in [3.8, 4) is 11.6 Å². The number of benzene rings is 1. The van der Waals surface area contributed by atoms with E-state index in [9.17, 15) is 0 Å². The summed E-state index contributed by atoms with van der Waals surface area (Å²) in [6.07, 6.45) is 0. The van der Waals surface area contributed by atoms with Gasteiger partial charge in [-0.15, -0.1) is 0 Å². The first-order chi connectivity index (χ1) is 8.54. The summed E-state index contributed by atoms with van der Waals surface area (Å²) in [5.74, 6) is 2.37. The average molecular weight is 307 g/mol. The van der Waals surface area contributed by atoms with Crippen molar-refractivity contribution in [2.45, 2.75) is 26.7 Å². The Kier molecular flexibility index (Phi) is 3.97. The third-order valence-corrected chi connectivity index (χ3v) is 2.85. The van der Waals surface area contributed by atoms with Gasteiger partial charge in [-0.1, -0.05) is 31.5 Å². The molecule has 1 heterocycles. The van der Waals surface area contributed by atoms with E-state index in [0.717, 1.165) is 16.2 Å². The largest absolute Gasteiger partial charge is 0.439 e. The second kappa shape index (κ2) is 5.48. The fraction of sp³-hybridized carbons (Fsp3) is 0.286. The lowest BCUT2D eigenvalue weighted by molar-refractivity contribution is 0.456. The van der Waals surface area contributed by atoms with Crippen LogP contribution in [0.4, 0.5) is 0 Å². The number of halogens is 1. The molecule has 0 N–H and O–H groups in total. The van der Waals surface area contributed by atoms with E-state index in [4.69, 9.17) is 4.74 Å². The van der Waals surface area contributed by atoms with Gasteiger partial charge in [0.15, 0.2) is 0 Å². The molecule has 0 amide bonds. The maximum absolute atomic E-state index is 5.72. The molecule has 1 aromatic heterocycles. The molecule has 0 fully saturated rings. The van der Waals surface area contributed by atoms with Crippen molar-refractivity contribution in [2.24, 2.45) is 0 Å². The highest BCUT2D eigenvalue weighted by Crippen LogP contribution is 2.24. The van der Waals surface area contributed by atoms with E-state index in [1.807, 2.05) is 31.2 Å². The molecule has 0 radical (unpaired) electrons. The van der Waals surface area contributed by atoms with E-state index in [-0.39, 0.29) is 5.92 Å². The van der Waals surface area contributed by atoms with Gasteiger partial charge in [0.2, 0.25) is 5.88 Å². The van der Waals surface area contributed by atoms with E-state index in [2.05, 4.69) is 39.7 Å². The highest BCUT2D eigenvalue weighted by molar-refractivity contribution is 9.10. The van der Waals surface area contributed by atoms with Crippen LogP contribution in [0.15, 0.2) is 34.9 Å². The minimum Gasteiger partial charge on any atom is -0.439 e. The van der Waals surface area contributed by atoms with Crippen LogP contribution in [0, 0.1) is 6.92 Å². The number of rotatable bonds is 3. The lowest BCUT2D eigenvalue weighted by Crippen LogP contribution is -1.99. The summed E-state index contributed by atoms with van der Waals surface area (Å²) >= 11 is 3.38. The van der Waals surface area contributed by atoms with Crippen LogP contribution in [0.3, 0.4) is 0 Å². The fourth-order valence-corrected chi connectivity index (χ4v) is 1.83. The van der Waals surface area contributed by atoms with Gasteiger partial charge in [0.25, 0.3) is 0 Å². The van der Waals surface area contributed by atoms with Crippen molar-refractivity contribution in [2.75, 3.05) is 0 Å². The topological polar surface area (TPSA) is 35.0 Å². The Bertz CT molecular complexity index is 538. The van der Waals surface area contributed by atoms with Gasteiger partial charge in [-0.25, -0.2) is 4.98 Å². The van der Waals surface area contributed by atoms with Gasteiger partial charge in [-0.3, -0.25) is 0 Å². The molecule has 0 aliphatic heterocycles. The summed E-state index contributed by atoms with van der Waals surface area (Å²) < 4.78 is 6.46. The van der Waals surface area contributed by atoms with Crippen molar-refractivity contribution in [3.05, 3.63) is 46.3 Å². The van der Waals surface area contributed by atoms with Crippen LogP contribution in [-0.2, 0) is 0 Å². The van der Waals surface area contributed by atoms with Gasteiger partial charge < -0.3 is 4.74 Å². The molecule has 2 rings (SSSR count). The van der Waals surface area contributed by atoms with E-state index < -0.39 is 0 Å². The van der Waals surface area contributed by atoms with E-state index in [0.29, 0.717) is 5.88 Å². The molecule has 2 aromatic rings. The van der Waals surface area contributed by atoms with Crippen molar-refractivity contribution in [1.82, 2.24) is 9.97 Å². The normalized spacial score (nSPS) is 10.7. The second-order valence-electron chi connectivity index (χ2n) is 4.46. The Balaban J connectivity index is 2.26. The molecular weight excluding hydrogens is 292 g/mol. The number of aromatic nitrogens is 2. The average Bonchev–Trinajstić information content (AvgIpc) is 2.31. The van der Waals surface area contributed by atoms with Crippen molar-refractivity contribution >= 4 is 15.9 Å². The molecule has 0 atom stereocenters. The minimum atomic E-state index is 0.267. The monoisotopic (exact) mass is 306 g/mol. The molecule has 0 saturated heterocycles. The molecule has 18 heavy (non-hydrogen) atoms. The maximum atomic E-state index is 5.72. The molecule has 0 unspecified atom stereocenters. The Labute approximate surface area is 115 Å². The molecule has 0 aliphatic carbocycles. The lowest BCUT2D eigenvalue weighted by Gasteiger charge is -2.09. The van der Waals surface area contributed by atoms with Crippen LogP contribution in [0.2, 0.25) is 0 Å². The molecule has 0 bridgehead atoms. The van der Waals surface area contributed by atoms with Gasteiger partial charge >= 0.3 is 0 Å². The molecule has 0 aliphatic rings. The third kappa shape index (κ3) is 3.29. The lowest BCUT2D eigenvalue weighted by atomic mass is 10.2. The summed E-state index contributed by atoms with van der Waals surface area (Å²) in [6, 6.07) is 9.65. The van der Waals surface area contributed by atoms with Crippen LogP contribution in [-0.4, -0.2) is 9.97 Å². The van der Waals surface area contributed by atoms with Crippen molar-refractivity contribution in [1.29, 1.82) is 0 Å². The SMILES string of the molecule is Cc1ccc(Oc2cc(Br)nc(C(C)C)n2)cc1. The van der Waals surface area contributed by atoms with Crippen LogP contribution >= 0.6 is 15.9 Å².